The number of fused-ring (bicyclic) bond motifs is 1. The lowest BCUT2D eigenvalue weighted by Crippen LogP contribution is -2.36. The van der Waals surface area contributed by atoms with Gasteiger partial charge in [0.2, 0.25) is 5.88 Å². The topological polar surface area (TPSA) is 105 Å². The molecule has 0 spiro atoms. The van der Waals surface area contributed by atoms with E-state index in [1.807, 2.05) is 30.6 Å². The number of nitrogens with zero attached hydrogens (tertiary/aromatic N) is 4. The van der Waals surface area contributed by atoms with Gasteiger partial charge in [0.1, 0.15) is 11.6 Å². The standard InChI is InChI=1S/C28H23FN6O3/c29-20-2-5-23(6-3-20)38-26-8-4-21(16-31-26)32-28(36)27-24-14-18(1-7-25(24)33-34-27)19-13-22(17-30-15-19)35-9-11-37-12-10-35/h1-8,13-17H,9-12H2,(H,32,36)(H,33,34). The Hall–Kier alpha value is -4.83. The van der Waals surface area contributed by atoms with Crippen molar-refractivity contribution < 1.29 is 18.7 Å². The zero-order chi connectivity index (χ0) is 25.9. The van der Waals surface area contributed by atoms with Crippen LogP contribution in [0.2, 0.25) is 0 Å². The molecule has 0 aliphatic carbocycles. The molecule has 4 heterocycles. The van der Waals surface area contributed by atoms with Gasteiger partial charge in [0.15, 0.2) is 5.69 Å². The Labute approximate surface area is 217 Å². The largest absolute Gasteiger partial charge is 0.439 e. The fourth-order valence-electron chi connectivity index (χ4n) is 4.28. The molecule has 190 valence electrons. The van der Waals surface area contributed by atoms with E-state index in [2.05, 4.69) is 36.4 Å². The normalized spacial score (nSPS) is 13.4. The summed E-state index contributed by atoms with van der Waals surface area (Å²) in [6.45, 7) is 3.04. The van der Waals surface area contributed by atoms with Crippen LogP contribution in [0.4, 0.5) is 15.8 Å². The van der Waals surface area contributed by atoms with Crippen LogP contribution in [0.25, 0.3) is 22.0 Å². The molecular weight excluding hydrogens is 487 g/mol. The number of nitrogens with one attached hydrogen (secondary N) is 2. The van der Waals surface area contributed by atoms with E-state index in [0.29, 0.717) is 35.9 Å². The number of H-pyrrole nitrogens is 1. The van der Waals surface area contributed by atoms with Crippen LogP contribution in [0, 0.1) is 5.82 Å². The number of aromatic nitrogens is 4. The van der Waals surface area contributed by atoms with Crippen molar-refractivity contribution in [2.24, 2.45) is 0 Å². The number of amides is 1. The van der Waals surface area contributed by atoms with Crippen molar-refractivity contribution in [2.45, 2.75) is 0 Å². The lowest BCUT2D eigenvalue weighted by molar-refractivity contribution is 0.102. The van der Waals surface area contributed by atoms with Crippen LogP contribution in [0.5, 0.6) is 11.6 Å². The molecule has 1 saturated heterocycles. The Morgan fingerprint density at radius 2 is 1.82 bits per heavy atom. The van der Waals surface area contributed by atoms with Gasteiger partial charge in [0, 0.05) is 36.3 Å². The lowest BCUT2D eigenvalue weighted by Gasteiger charge is -2.28. The highest BCUT2D eigenvalue weighted by Crippen LogP contribution is 2.28. The predicted octanol–water partition coefficient (Wildman–Crippen LogP) is 5.04. The molecule has 0 unspecified atom stereocenters. The Bertz CT molecular complexity index is 1580. The second kappa shape index (κ2) is 10.3. The molecule has 0 bridgehead atoms. The van der Waals surface area contributed by atoms with Crippen molar-refractivity contribution in [1.82, 2.24) is 20.2 Å². The quantitative estimate of drug-likeness (QED) is 0.330. The SMILES string of the molecule is O=C(Nc1ccc(Oc2ccc(F)cc2)nc1)c1n[nH]c2ccc(-c3cncc(N4CCOCC4)c3)cc12. The second-order valence-electron chi connectivity index (χ2n) is 8.76. The third kappa shape index (κ3) is 5.02. The summed E-state index contributed by atoms with van der Waals surface area (Å²) in [6, 6.07) is 16.8. The molecule has 1 fully saturated rings. The first kappa shape index (κ1) is 23.6. The summed E-state index contributed by atoms with van der Waals surface area (Å²) >= 11 is 0. The zero-order valence-corrected chi connectivity index (χ0v) is 20.2. The second-order valence-corrected chi connectivity index (χ2v) is 8.76. The van der Waals surface area contributed by atoms with E-state index < -0.39 is 0 Å². The Balaban J connectivity index is 1.19. The number of hydrogen-bond acceptors (Lipinski definition) is 7. The van der Waals surface area contributed by atoms with Gasteiger partial charge in [-0.25, -0.2) is 9.37 Å². The lowest BCUT2D eigenvalue weighted by atomic mass is 10.0. The summed E-state index contributed by atoms with van der Waals surface area (Å²) in [7, 11) is 0. The van der Waals surface area contributed by atoms with Gasteiger partial charge in [0.05, 0.1) is 42.5 Å². The maximum atomic E-state index is 13.1. The van der Waals surface area contributed by atoms with Crippen LogP contribution in [-0.4, -0.2) is 52.4 Å². The first-order chi connectivity index (χ1) is 18.6. The predicted molar refractivity (Wildman–Crippen MR) is 141 cm³/mol. The average Bonchev–Trinajstić information content (AvgIpc) is 3.39. The maximum Gasteiger partial charge on any atom is 0.276 e. The molecule has 1 amide bonds. The van der Waals surface area contributed by atoms with E-state index in [0.717, 1.165) is 35.4 Å². The van der Waals surface area contributed by atoms with Gasteiger partial charge in [-0.05, 0) is 54.1 Å². The number of benzene rings is 2. The molecular formula is C28H23FN6O3. The molecule has 2 aromatic carbocycles. The average molecular weight is 511 g/mol. The number of hydrogen-bond donors (Lipinski definition) is 2. The number of anilines is 2. The molecule has 38 heavy (non-hydrogen) atoms. The van der Waals surface area contributed by atoms with Gasteiger partial charge in [-0.2, -0.15) is 5.10 Å². The number of ether oxygens (including phenoxy) is 2. The van der Waals surface area contributed by atoms with Crippen LogP contribution < -0.4 is 15.0 Å². The van der Waals surface area contributed by atoms with Gasteiger partial charge < -0.3 is 19.7 Å². The molecule has 1 aliphatic heterocycles. The Morgan fingerprint density at radius 1 is 0.974 bits per heavy atom. The van der Waals surface area contributed by atoms with E-state index in [1.165, 1.54) is 30.5 Å². The molecule has 0 radical (unpaired) electrons. The minimum Gasteiger partial charge on any atom is -0.439 e. The fraction of sp³-hybridized carbons (Fsp3) is 0.143. The summed E-state index contributed by atoms with van der Waals surface area (Å²) in [4.78, 5) is 24.0. The number of pyridine rings is 2. The van der Waals surface area contributed by atoms with Crippen LogP contribution in [-0.2, 0) is 4.74 Å². The zero-order valence-electron chi connectivity index (χ0n) is 20.2. The van der Waals surface area contributed by atoms with Gasteiger partial charge in [-0.3, -0.25) is 14.9 Å². The van der Waals surface area contributed by atoms with Crippen molar-refractivity contribution >= 4 is 28.2 Å². The smallest absolute Gasteiger partial charge is 0.276 e. The summed E-state index contributed by atoms with van der Waals surface area (Å²) in [5.41, 5.74) is 4.42. The molecule has 5 aromatic rings. The van der Waals surface area contributed by atoms with Crippen LogP contribution in [0.3, 0.4) is 0 Å². The molecule has 10 heteroatoms. The van der Waals surface area contributed by atoms with Crippen LogP contribution >= 0.6 is 0 Å². The highest BCUT2D eigenvalue weighted by atomic mass is 19.1. The number of carbonyl (C=O) groups excluding carboxylic acids is 1. The van der Waals surface area contributed by atoms with Gasteiger partial charge in [-0.1, -0.05) is 6.07 Å². The summed E-state index contributed by atoms with van der Waals surface area (Å²) in [5.74, 6) is 0.0553. The van der Waals surface area contributed by atoms with Crippen molar-refractivity contribution in [1.29, 1.82) is 0 Å². The van der Waals surface area contributed by atoms with E-state index in [9.17, 15) is 9.18 Å². The highest BCUT2D eigenvalue weighted by molar-refractivity contribution is 6.11. The van der Waals surface area contributed by atoms with Gasteiger partial charge >= 0.3 is 0 Å². The van der Waals surface area contributed by atoms with E-state index in [4.69, 9.17) is 9.47 Å². The van der Waals surface area contributed by atoms with Crippen molar-refractivity contribution in [3.63, 3.8) is 0 Å². The fourth-order valence-corrected chi connectivity index (χ4v) is 4.28. The molecule has 0 atom stereocenters. The Morgan fingerprint density at radius 3 is 2.61 bits per heavy atom. The number of rotatable bonds is 6. The van der Waals surface area contributed by atoms with E-state index in [-0.39, 0.29) is 17.4 Å². The number of halogens is 1. The van der Waals surface area contributed by atoms with Gasteiger partial charge in [0.25, 0.3) is 5.91 Å². The first-order valence-electron chi connectivity index (χ1n) is 12.1. The molecule has 2 N–H and O–H groups in total. The number of morpholine rings is 1. The molecule has 3 aromatic heterocycles. The van der Waals surface area contributed by atoms with Gasteiger partial charge in [-0.15, -0.1) is 0 Å². The van der Waals surface area contributed by atoms with Crippen molar-refractivity contribution in [3.8, 4) is 22.8 Å². The van der Waals surface area contributed by atoms with Crippen molar-refractivity contribution in [3.05, 3.63) is 90.8 Å². The minimum atomic E-state index is -0.373. The van der Waals surface area contributed by atoms with Crippen LogP contribution in [0.1, 0.15) is 10.5 Å². The maximum absolute atomic E-state index is 13.1. The van der Waals surface area contributed by atoms with E-state index in [1.54, 1.807) is 12.1 Å². The third-order valence-corrected chi connectivity index (χ3v) is 6.24. The Kier molecular flexibility index (Phi) is 6.37. The monoisotopic (exact) mass is 510 g/mol. The third-order valence-electron chi connectivity index (χ3n) is 6.24. The molecule has 6 rings (SSSR count). The molecule has 0 saturated carbocycles. The first-order valence-corrected chi connectivity index (χ1v) is 12.1. The summed E-state index contributed by atoms with van der Waals surface area (Å²) in [5, 5.41) is 10.7. The summed E-state index contributed by atoms with van der Waals surface area (Å²) < 4.78 is 24.1. The highest BCUT2D eigenvalue weighted by Gasteiger charge is 2.17. The number of aromatic amines is 1. The van der Waals surface area contributed by atoms with Crippen LogP contribution in [0.15, 0.2) is 79.3 Å². The van der Waals surface area contributed by atoms with Crippen molar-refractivity contribution in [2.75, 3.05) is 36.5 Å². The number of carbonyl (C=O) groups is 1. The summed E-state index contributed by atoms with van der Waals surface area (Å²) in [6.07, 6.45) is 5.15. The molecule has 9 nitrogen and oxygen atoms in total. The minimum absolute atomic E-state index is 0.269. The van der Waals surface area contributed by atoms with E-state index >= 15 is 0 Å². The molecule has 1 aliphatic rings.